The molecule has 0 bridgehead atoms. The Balaban J connectivity index is 3.82. The first-order chi connectivity index (χ1) is 9.77. The van der Waals surface area contributed by atoms with Crippen molar-refractivity contribution in [2.75, 3.05) is 0 Å². The van der Waals surface area contributed by atoms with Gasteiger partial charge in [-0.25, -0.2) is 9.13 Å². The number of morpholine rings is 1. The lowest BCUT2D eigenvalue weighted by Crippen LogP contribution is -2.81. The summed E-state index contributed by atoms with van der Waals surface area (Å²) in [4.78, 5) is 6.12. The third-order valence-electron chi connectivity index (χ3n) is 2.46. The van der Waals surface area contributed by atoms with Crippen LogP contribution in [0.1, 0.15) is 0 Å². The highest BCUT2D eigenvalue weighted by Crippen LogP contribution is 2.60. The lowest BCUT2D eigenvalue weighted by atomic mass is 10.1. The zero-order valence-corrected chi connectivity index (χ0v) is 9.68. The predicted octanol–water partition coefficient (Wildman–Crippen LogP) is 3.41. The molecule has 16 heteroatoms. The predicted molar refractivity (Wildman–Crippen MR) is 38.7 cm³/mol. The number of carbonyl (C=O) groups excluding carboxylic acids is 1. The number of halogens is 13. The highest BCUT2D eigenvalue weighted by Gasteiger charge is 2.91. The van der Waals surface area contributed by atoms with Gasteiger partial charge in [0.15, 0.2) is 0 Å². The number of alkyl halides is 12. The van der Waals surface area contributed by atoms with Crippen LogP contribution >= 0.6 is 0 Å². The summed E-state index contributed by atoms with van der Waals surface area (Å²) in [6, 6.07) is -19.1. The largest absolute Gasteiger partial charge is 0.447 e. The highest BCUT2D eigenvalue weighted by atomic mass is 19.4. The molecule has 1 heterocycles. The third-order valence-corrected chi connectivity index (χ3v) is 2.46. The second kappa shape index (κ2) is 4.61. The van der Waals surface area contributed by atoms with Crippen molar-refractivity contribution in [3.8, 4) is 0 Å². The fourth-order valence-corrected chi connectivity index (χ4v) is 1.43. The molecule has 1 aliphatic heterocycles. The Hall–Kier alpha value is -1.32. The second-order valence-electron chi connectivity index (χ2n) is 3.95. The first kappa shape index (κ1) is 19.7. The van der Waals surface area contributed by atoms with E-state index in [2.05, 4.69) is 0 Å². The molecular weight excluding hydrogens is 377 g/mol. The molecule has 1 unspecified atom stereocenters. The summed E-state index contributed by atoms with van der Waals surface area (Å²) < 4.78 is 167. The summed E-state index contributed by atoms with van der Waals surface area (Å²) in [5.74, 6) is -7.23. The monoisotopic (exact) mass is 377 g/mol. The standard InChI is InChI=1S/C7F13NO2/c8-1(22)2(9,3(10,11)12)21-4(13,14)6(17,18)23-7(19,20)5(21,15)16. The molecule has 1 aliphatic rings. The number of rotatable bonds is 2. The van der Waals surface area contributed by atoms with Crippen LogP contribution in [0.3, 0.4) is 0 Å². The Morgan fingerprint density at radius 1 is 0.783 bits per heavy atom. The lowest BCUT2D eigenvalue weighted by molar-refractivity contribution is -0.583. The molecule has 1 fully saturated rings. The first-order valence-corrected chi connectivity index (χ1v) is 4.74. The summed E-state index contributed by atoms with van der Waals surface area (Å²) in [6.45, 7) is 0. The molecule has 1 atom stereocenters. The van der Waals surface area contributed by atoms with Crippen LogP contribution in [0.25, 0.3) is 0 Å². The summed E-state index contributed by atoms with van der Waals surface area (Å²) in [6.07, 6.45) is -21.1. The molecule has 1 rings (SSSR count). The van der Waals surface area contributed by atoms with Crippen molar-refractivity contribution >= 4 is 6.04 Å². The maximum absolute atomic E-state index is 13.4. The fraction of sp³-hybridized carbons (Fsp3) is 0.857. The Labute approximate surface area is 115 Å². The van der Waals surface area contributed by atoms with Gasteiger partial charge in [-0.1, -0.05) is 0 Å². The summed E-state index contributed by atoms with van der Waals surface area (Å²) in [5, 5.41) is 0. The molecule has 0 spiro atoms. The van der Waals surface area contributed by atoms with Gasteiger partial charge in [0.2, 0.25) is 0 Å². The number of nitrogens with zero attached hydrogens (tertiary/aromatic N) is 1. The third kappa shape index (κ3) is 2.33. The van der Waals surface area contributed by atoms with Crippen molar-refractivity contribution in [3.63, 3.8) is 0 Å². The van der Waals surface area contributed by atoms with Crippen LogP contribution in [0, 0.1) is 0 Å². The molecule has 0 amide bonds. The van der Waals surface area contributed by atoms with E-state index >= 15 is 0 Å². The molecule has 0 aromatic carbocycles. The minimum absolute atomic E-state index is 1.73. The smallest absolute Gasteiger partial charge is 0.255 e. The minimum Gasteiger partial charge on any atom is -0.255 e. The van der Waals surface area contributed by atoms with Gasteiger partial charge in [0.05, 0.1) is 0 Å². The molecule has 1 saturated heterocycles. The van der Waals surface area contributed by atoms with Gasteiger partial charge in [-0.05, 0) is 0 Å². The lowest BCUT2D eigenvalue weighted by Gasteiger charge is -2.50. The van der Waals surface area contributed by atoms with E-state index < -0.39 is 47.2 Å². The Kier molecular flexibility index (Phi) is 3.95. The molecule has 136 valence electrons. The van der Waals surface area contributed by atoms with E-state index in [-0.39, 0.29) is 0 Å². The molecule has 23 heavy (non-hydrogen) atoms. The van der Waals surface area contributed by atoms with Crippen LogP contribution in [0.15, 0.2) is 0 Å². The fourth-order valence-electron chi connectivity index (χ4n) is 1.43. The van der Waals surface area contributed by atoms with Crippen molar-refractivity contribution in [1.82, 2.24) is 4.90 Å². The Morgan fingerprint density at radius 2 is 1.09 bits per heavy atom. The molecular formula is C7F13NO2. The SMILES string of the molecule is O=C(F)C(F)(N1C(F)(F)C(F)(F)OC(F)(F)C1(F)F)C(F)(F)F. The van der Waals surface area contributed by atoms with Crippen molar-refractivity contribution in [2.45, 2.75) is 36.3 Å². The highest BCUT2D eigenvalue weighted by molar-refractivity contribution is 5.79. The van der Waals surface area contributed by atoms with Crippen molar-refractivity contribution in [2.24, 2.45) is 0 Å². The molecule has 0 aromatic heterocycles. The van der Waals surface area contributed by atoms with Crippen LogP contribution < -0.4 is 0 Å². The van der Waals surface area contributed by atoms with Gasteiger partial charge in [0.25, 0.3) is 0 Å². The quantitative estimate of drug-likeness (QED) is 0.420. The Bertz CT molecular complexity index is 487. The Morgan fingerprint density at radius 3 is 1.30 bits per heavy atom. The number of ether oxygens (including phenoxy) is 1. The zero-order chi connectivity index (χ0) is 18.9. The van der Waals surface area contributed by atoms with Gasteiger partial charge < -0.3 is 0 Å². The molecule has 0 N–H and O–H groups in total. The average molecular weight is 377 g/mol. The summed E-state index contributed by atoms with van der Waals surface area (Å²) in [7, 11) is 0. The van der Waals surface area contributed by atoms with Gasteiger partial charge in [0.1, 0.15) is 0 Å². The average Bonchev–Trinajstić information content (AvgIpc) is 2.22. The van der Waals surface area contributed by atoms with Crippen LogP contribution in [0.2, 0.25) is 0 Å². The maximum Gasteiger partial charge on any atom is 0.447 e. The van der Waals surface area contributed by atoms with E-state index in [1.54, 1.807) is 4.74 Å². The molecule has 0 aromatic rings. The topological polar surface area (TPSA) is 29.5 Å². The van der Waals surface area contributed by atoms with Gasteiger partial charge in [0, 0.05) is 0 Å². The molecule has 3 nitrogen and oxygen atoms in total. The van der Waals surface area contributed by atoms with E-state index in [1.807, 2.05) is 0 Å². The van der Waals surface area contributed by atoms with Crippen molar-refractivity contribution in [3.05, 3.63) is 0 Å². The first-order valence-electron chi connectivity index (χ1n) is 4.74. The van der Waals surface area contributed by atoms with E-state index in [9.17, 15) is 61.9 Å². The van der Waals surface area contributed by atoms with E-state index in [0.29, 0.717) is 0 Å². The molecule has 0 aliphatic carbocycles. The zero-order valence-electron chi connectivity index (χ0n) is 9.68. The van der Waals surface area contributed by atoms with E-state index in [1.165, 1.54) is 0 Å². The van der Waals surface area contributed by atoms with Crippen LogP contribution in [0.4, 0.5) is 57.1 Å². The summed E-state index contributed by atoms with van der Waals surface area (Å²) in [5.41, 5.74) is 0. The van der Waals surface area contributed by atoms with Crippen LogP contribution in [-0.2, 0) is 9.53 Å². The van der Waals surface area contributed by atoms with Gasteiger partial charge in [-0.15, -0.1) is 4.90 Å². The number of hydrogen-bond acceptors (Lipinski definition) is 3. The van der Waals surface area contributed by atoms with Crippen molar-refractivity contribution < 1.29 is 66.6 Å². The second-order valence-corrected chi connectivity index (χ2v) is 3.95. The number of hydrogen-bond donors (Lipinski definition) is 0. The van der Waals surface area contributed by atoms with Gasteiger partial charge in [-0.3, -0.25) is 4.79 Å². The van der Waals surface area contributed by atoms with Gasteiger partial charge >= 0.3 is 42.3 Å². The number of carbonyl (C=O) groups is 1. The van der Waals surface area contributed by atoms with Gasteiger partial charge in [-0.2, -0.15) is 52.7 Å². The normalized spacial score (nSPS) is 28.9. The maximum atomic E-state index is 13.4. The minimum atomic E-state index is -7.37. The van der Waals surface area contributed by atoms with Crippen LogP contribution in [-0.4, -0.2) is 47.2 Å². The summed E-state index contributed by atoms with van der Waals surface area (Å²) >= 11 is 0. The van der Waals surface area contributed by atoms with Crippen molar-refractivity contribution in [1.29, 1.82) is 0 Å². The van der Waals surface area contributed by atoms with Crippen LogP contribution in [0.5, 0.6) is 0 Å². The van der Waals surface area contributed by atoms with E-state index in [4.69, 9.17) is 0 Å². The van der Waals surface area contributed by atoms with E-state index in [0.717, 1.165) is 0 Å². The molecule has 0 saturated carbocycles. The molecule has 0 radical (unpaired) electrons.